The fraction of sp³-hybridized carbons (Fsp3) is 0.263. The third-order valence-corrected chi connectivity index (χ3v) is 5.76. The highest BCUT2D eigenvalue weighted by Gasteiger charge is 2.16. The summed E-state index contributed by atoms with van der Waals surface area (Å²) in [5.74, 6) is 1.61. The van der Waals surface area contributed by atoms with Gasteiger partial charge in [-0.2, -0.15) is 0 Å². The molecule has 0 radical (unpaired) electrons. The monoisotopic (exact) mass is 372 g/mol. The lowest BCUT2D eigenvalue weighted by molar-refractivity contribution is -0.115. The number of hydrogen-bond acceptors (Lipinski definition) is 5. The molecule has 1 N–H and O–H groups in total. The number of nitrogens with one attached hydrogen (secondary N) is 1. The molecule has 25 heavy (non-hydrogen) atoms. The van der Waals surface area contributed by atoms with E-state index < -0.39 is 0 Å². The Morgan fingerprint density at radius 1 is 1.28 bits per heavy atom. The summed E-state index contributed by atoms with van der Waals surface area (Å²) in [5.41, 5.74) is 2.09. The van der Waals surface area contributed by atoms with Crippen LogP contribution in [0, 0.1) is 0 Å². The number of rotatable bonds is 7. The van der Waals surface area contributed by atoms with E-state index in [1.165, 1.54) is 16.9 Å². The van der Waals surface area contributed by atoms with Gasteiger partial charge in [0.2, 0.25) is 5.91 Å². The number of nitrogens with zero attached hydrogens (tertiary/aromatic N) is 1. The van der Waals surface area contributed by atoms with Crippen LogP contribution in [0.15, 0.2) is 48.5 Å². The summed E-state index contributed by atoms with van der Waals surface area (Å²) >= 11 is 3.08. The van der Waals surface area contributed by atoms with Gasteiger partial charge in [-0.3, -0.25) is 4.79 Å². The molecule has 130 valence electrons. The lowest BCUT2D eigenvalue weighted by Crippen LogP contribution is -2.22. The quantitative estimate of drug-likeness (QED) is 0.637. The molecule has 0 saturated heterocycles. The van der Waals surface area contributed by atoms with Crippen LogP contribution < -0.4 is 10.1 Å². The molecule has 1 aromatic heterocycles. The molecular formula is C19H20N2O2S2. The first kappa shape index (κ1) is 17.8. The van der Waals surface area contributed by atoms with Gasteiger partial charge in [-0.15, -0.1) is 11.8 Å². The van der Waals surface area contributed by atoms with Crippen molar-refractivity contribution in [1.82, 2.24) is 4.98 Å². The predicted molar refractivity (Wildman–Crippen MR) is 107 cm³/mol. The number of aromatic nitrogens is 1. The van der Waals surface area contributed by atoms with E-state index in [-0.39, 0.29) is 11.2 Å². The largest absolute Gasteiger partial charge is 0.494 e. The summed E-state index contributed by atoms with van der Waals surface area (Å²) in [5, 5.41) is 3.40. The van der Waals surface area contributed by atoms with E-state index in [4.69, 9.17) is 4.74 Å². The standard InChI is InChI=1S/C19H20N2O2S2/c1-3-23-15-9-10-16-17(11-15)25-19(20-16)21-18(22)13(2)24-12-14-7-5-4-6-8-14/h4-11,13H,3,12H2,1-2H3,(H,20,21,22). The number of hydrogen-bond donors (Lipinski definition) is 1. The van der Waals surface area contributed by atoms with Gasteiger partial charge in [-0.25, -0.2) is 4.98 Å². The smallest absolute Gasteiger partial charge is 0.238 e. The second-order valence-corrected chi connectivity index (χ2v) is 7.87. The van der Waals surface area contributed by atoms with E-state index in [0.717, 1.165) is 21.7 Å². The SMILES string of the molecule is CCOc1ccc2nc(NC(=O)C(C)SCc3ccccc3)sc2c1. The van der Waals surface area contributed by atoms with E-state index in [1.54, 1.807) is 11.8 Å². The van der Waals surface area contributed by atoms with Crippen LogP contribution in [0.3, 0.4) is 0 Å². The Balaban J connectivity index is 1.60. The summed E-state index contributed by atoms with van der Waals surface area (Å²) in [6.45, 7) is 4.50. The maximum absolute atomic E-state index is 12.4. The summed E-state index contributed by atoms with van der Waals surface area (Å²) in [6, 6.07) is 15.9. The number of thioether (sulfide) groups is 1. The van der Waals surface area contributed by atoms with E-state index in [9.17, 15) is 4.79 Å². The molecule has 0 bridgehead atoms. The van der Waals surface area contributed by atoms with Gasteiger partial charge < -0.3 is 10.1 Å². The number of anilines is 1. The minimum absolute atomic E-state index is 0.0231. The highest BCUT2D eigenvalue weighted by atomic mass is 32.2. The minimum Gasteiger partial charge on any atom is -0.494 e. The van der Waals surface area contributed by atoms with Crippen molar-refractivity contribution in [3.63, 3.8) is 0 Å². The number of carbonyl (C=O) groups excluding carboxylic acids is 1. The second kappa shape index (κ2) is 8.36. The number of carbonyl (C=O) groups is 1. The van der Waals surface area contributed by atoms with Crippen LogP contribution in [0.25, 0.3) is 10.2 Å². The highest BCUT2D eigenvalue weighted by molar-refractivity contribution is 7.99. The molecule has 0 fully saturated rings. The van der Waals surface area contributed by atoms with Gasteiger partial charge in [0.05, 0.1) is 22.1 Å². The molecule has 6 heteroatoms. The maximum atomic E-state index is 12.4. The average molecular weight is 373 g/mol. The number of ether oxygens (including phenoxy) is 1. The van der Waals surface area contributed by atoms with Crippen molar-refractivity contribution in [3.05, 3.63) is 54.1 Å². The van der Waals surface area contributed by atoms with E-state index in [2.05, 4.69) is 22.4 Å². The van der Waals surface area contributed by atoms with Crippen LogP contribution in [-0.2, 0) is 10.5 Å². The summed E-state index contributed by atoms with van der Waals surface area (Å²) in [6.07, 6.45) is 0. The number of amides is 1. The van der Waals surface area contributed by atoms with Gasteiger partial charge >= 0.3 is 0 Å². The zero-order valence-electron chi connectivity index (χ0n) is 14.2. The van der Waals surface area contributed by atoms with Crippen molar-refractivity contribution in [3.8, 4) is 5.75 Å². The fourth-order valence-corrected chi connectivity index (χ4v) is 4.04. The molecule has 0 saturated carbocycles. The van der Waals surface area contributed by atoms with Gasteiger partial charge in [0.1, 0.15) is 5.75 Å². The van der Waals surface area contributed by atoms with Crippen molar-refractivity contribution in [2.24, 2.45) is 0 Å². The summed E-state index contributed by atoms with van der Waals surface area (Å²) < 4.78 is 6.51. The first-order chi connectivity index (χ1) is 12.2. The number of fused-ring (bicyclic) bond motifs is 1. The molecule has 0 aliphatic heterocycles. The maximum Gasteiger partial charge on any atom is 0.238 e. The number of benzene rings is 2. The Hall–Kier alpha value is -2.05. The zero-order chi connectivity index (χ0) is 17.6. The first-order valence-electron chi connectivity index (χ1n) is 8.15. The first-order valence-corrected chi connectivity index (χ1v) is 10.0. The molecule has 0 aliphatic rings. The van der Waals surface area contributed by atoms with Gasteiger partial charge in [0.15, 0.2) is 5.13 Å². The Labute approximate surface area is 155 Å². The lowest BCUT2D eigenvalue weighted by Gasteiger charge is -2.10. The molecule has 3 rings (SSSR count). The van der Waals surface area contributed by atoms with Crippen LogP contribution in [0.4, 0.5) is 5.13 Å². The fourth-order valence-electron chi connectivity index (χ4n) is 2.29. The van der Waals surface area contributed by atoms with Crippen LogP contribution in [-0.4, -0.2) is 22.7 Å². The molecule has 1 atom stereocenters. The van der Waals surface area contributed by atoms with Crippen molar-refractivity contribution in [1.29, 1.82) is 0 Å². The van der Waals surface area contributed by atoms with Gasteiger partial charge in [-0.1, -0.05) is 41.7 Å². The zero-order valence-corrected chi connectivity index (χ0v) is 15.8. The van der Waals surface area contributed by atoms with Crippen LogP contribution in [0.5, 0.6) is 5.75 Å². The predicted octanol–water partition coefficient (Wildman–Crippen LogP) is 4.96. The highest BCUT2D eigenvalue weighted by Crippen LogP contribution is 2.30. The third kappa shape index (κ3) is 4.74. The molecule has 2 aromatic carbocycles. The normalized spacial score (nSPS) is 12.1. The molecule has 1 amide bonds. The number of thiazole rings is 1. The van der Waals surface area contributed by atoms with Crippen molar-refractivity contribution in [2.75, 3.05) is 11.9 Å². The minimum atomic E-state index is -0.147. The Kier molecular flexibility index (Phi) is 5.94. The van der Waals surface area contributed by atoms with Crippen molar-refractivity contribution in [2.45, 2.75) is 24.9 Å². The van der Waals surface area contributed by atoms with Crippen molar-refractivity contribution >= 4 is 44.4 Å². The second-order valence-electron chi connectivity index (χ2n) is 5.51. The molecule has 4 nitrogen and oxygen atoms in total. The third-order valence-electron chi connectivity index (χ3n) is 3.61. The molecule has 1 unspecified atom stereocenters. The Morgan fingerprint density at radius 3 is 2.84 bits per heavy atom. The van der Waals surface area contributed by atoms with E-state index in [0.29, 0.717) is 11.7 Å². The van der Waals surface area contributed by atoms with Crippen LogP contribution >= 0.6 is 23.1 Å². The Bertz CT molecular complexity index is 849. The van der Waals surface area contributed by atoms with Gasteiger partial charge in [-0.05, 0) is 37.6 Å². The molecule has 3 aromatic rings. The average Bonchev–Trinajstić information content (AvgIpc) is 3.02. The molecular weight excluding hydrogens is 352 g/mol. The van der Waals surface area contributed by atoms with Crippen LogP contribution in [0.2, 0.25) is 0 Å². The van der Waals surface area contributed by atoms with E-state index in [1.807, 2.05) is 50.2 Å². The molecule has 0 spiro atoms. The Morgan fingerprint density at radius 2 is 2.08 bits per heavy atom. The van der Waals surface area contributed by atoms with Crippen LogP contribution in [0.1, 0.15) is 19.4 Å². The summed E-state index contributed by atoms with van der Waals surface area (Å²) in [7, 11) is 0. The van der Waals surface area contributed by atoms with Crippen molar-refractivity contribution < 1.29 is 9.53 Å². The lowest BCUT2D eigenvalue weighted by atomic mass is 10.2. The van der Waals surface area contributed by atoms with Gasteiger partial charge in [0, 0.05) is 5.75 Å². The summed E-state index contributed by atoms with van der Waals surface area (Å²) in [4.78, 5) is 16.9. The molecule has 0 aliphatic carbocycles. The van der Waals surface area contributed by atoms with Gasteiger partial charge in [0.25, 0.3) is 0 Å². The molecule has 1 heterocycles. The topological polar surface area (TPSA) is 51.2 Å². The van der Waals surface area contributed by atoms with E-state index >= 15 is 0 Å².